The second-order valence-electron chi connectivity index (χ2n) is 5.13. The van der Waals surface area contributed by atoms with Crippen LogP contribution in [0.5, 0.6) is 0 Å². The zero-order valence-electron chi connectivity index (χ0n) is 11.6. The summed E-state index contributed by atoms with van der Waals surface area (Å²) in [6.45, 7) is 13.8. The van der Waals surface area contributed by atoms with Gasteiger partial charge >= 0.3 is 0 Å². The Bertz CT molecular complexity index is 251. The molecule has 1 saturated heterocycles. The highest BCUT2D eigenvalue weighted by molar-refractivity contribution is 5.79. The van der Waals surface area contributed by atoms with E-state index in [0.717, 1.165) is 38.7 Å². The van der Waals surface area contributed by atoms with Crippen molar-refractivity contribution in [3.8, 4) is 0 Å². The molecule has 0 aromatic rings. The van der Waals surface area contributed by atoms with Crippen molar-refractivity contribution < 1.29 is 0 Å². The molecular formula is C12H27N5. The highest BCUT2D eigenvalue weighted by Gasteiger charge is 2.24. The third-order valence-corrected chi connectivity index (χ3v) is 3.21. The average molecular weight is 241 g/mol. The molecule has 1 aliphatic heterocycles. The number of likely N-dealkylation sites (N-methyl/N-ethyl adjacent to an activating group) is 1. The molecule has 0 aliphatic carbocycles. The van der Waals surface area contributed by atoms with Crippen LogP contribution in [-0.4, -0.2) is 54.5 Å². The van der Waals surface area contributed by atoms with Gasteiger partial charge in [0.25, 0.3) is 0 Å². The van der Waals surface area contributed by atoms with Crippen LogP contribution in [0.2, 0.25) is 0 Å². The number of aliphatic imine (C=N–C) groups is 1. The number of piperazine rings is 1. The maximum absolute atomic E-state index is 5.57. The minimum absolute atomic E-state index is 0.561. The Hall–Kier alpha value is -0.810. The molecule has 100 valence electrons. The number of nitrogens with two attached hydrogens (primary N) is 1. The van der Waals surface area contributed by atoms with Gasteiger partial charge in [-0.1, -0.05) is 20.8 Å². The summed E-state index contributed by atoms with van der Waals surface area (Å²) in [7, 11) is 0. The number of nitrogens with one attached hydrogen (secondary N) is 1. The Morgan fingerprint density at radius 2 is 2.18 bits per heavy atom. The summed E-state index contributed by atoms with van der Waals surface area (Å²) in [4.78, 5) is 9.27. The molecule has 5 nitrogen and oxygen atoms in total. The minimum Gasteiger partial charge on any atom is -0.339 e. The summed E-state index contributed by atoms with van der Waals surface area (Å²) in [6, 6.07) is 0.561. The molecular weight excluding hydrogens is 214 g/mol. The van der Waals surface area contributed by atoms with Crippen LogP contribution in [0, 0.1) is 5.92 Å². The molecule has 1 rings (SSSR count). The lowest BCUT2D eigenvalue weighted by Crippen LogP contribution is -2.57. The number of rotatable bonds is 3. The molecule has 0 radical (unpaired) electrons. The first-order chi connectivity index (χ1) is 8.08. The number of guanidine groups is 1. The summed E-state index contributed by atoms with van der Waals surface area (Å²) >= 11 is 0. The standard InChI is InChI=1S/C12H27N5/c1-5-16-6-7-17(9-11(16)4)12(15-13)14-8-10(2)3/h10-11H,5-9,13H2,1-4H3,(H,14,15). The van der Waals surface area contributed by atoms with Gasteiger partial charge in [0.15, 0.2) is 0 Å². The Morgan fingerprint density at radius 1 is 1.47 bits per heavy atom. The largest absolute Gasteiger partial charge is 0.339 e. The predicted octanol–water partition coefficient (Wildman–Crippen LogP) is 0.488. The molecule has 1 aliphatic rings. The number of hydrazine groups is 1. The topological polar surface area (TPSA) is 56.9 Å². The fourth-order valence-corrected chi connectivity index (χ4v) is 2.16. The van der Waals surface area contributed by atoms with Crippen LogP contribution < -0.4 is 11.3 Å². The maximum Gasteiger partial charge on any atom is 0.208 e. The van der Waals surface area contributed by atoms with Crippen LogP contribution in [0.15, 0.2) is 4.99 Å². The monoisotopic (exact) mass is 241 g/mol. The van der Waals surface area contributed by atoms with E-state index in [0.29, 0.717) is 12.0 Å². The molecule has 0 aromatic carbocycles. The molecule has 0 spiro atoms. The SMILES string of the molecule is CCN1CCN(C(=NCC(C)C)NN)CC1C. The van der Waals surface area contributed by atoms with Gasteiger partial charge in [-0.05, 0) is 19.4 Å². The highest BCUT2D eigenvalue weighted by Crippen LogP contribution is 2.09. The number of nitrogens with zero attached hydrogens (tertiary/aromatic N) is 3. The molecule has 5 heteroatoms. The van der Waals surface area contributed by atoms with Crippen molar-refractivity contribution in [2.24, 2.45) is 16.8 Å². The summed E-state index contributed by atoms with van der Waals surface area (Å²) in [5.41, 5.74) is 2.74. The predicted molar refractivity (Wildman–Crippen MR) is 72.7 cm³/mol. The van der Waals surface area contributed by atoms with E-state index in [4.69, 9.17) is 5.84 Å². The normalized spacial score (nSPS) is 23.3. The fourth-order valence-electron chi connectivity index (χ4n) is 2.16. The van der Waals surface area contributed by atoms with E-state index >= 15 is 0 Å². The van der Waals surface area contributed by atoms with Crippen molar-refractivity contribution in [3.05, 3.63) is 0 Å². The first-order valence-corrected chi connectivity index (χ1v) is 6.58. The minimum atomic E-state index is 0.561. The van der Waals surface area contributed by atoms with Crippen LogP contribution in [-0.2, 0) is 0 Å². The number of hydrogen-bond acceptors (Lipinski definition) is 3. The second-order valence-corrected chi connectivity index (χ2v) is 5.13. The summed E-state index contributed by atoms with van der Waals surface area (Å²) in [5.74, 6) is 6.96. The Morgan fingerprint density at radius 3 is 2.65 bits per heavy atom. The van der Waals surface area contributed by atoms with E-state index in [1.54, 1.807) is 0 Å². The van der Waals surface area contributed by atoms with E-state index < -0.39 is 0 Å². The Labute approximate surface area is 105 Å². The van der Waals surface area contributed by atoms with Crippen LogP contribution in [0.4, 0.5) is 0 Å². The van der Waals surface area contributed by atoms with Gasteiger partial charge in [0.05, 0.1) is 0 Å². The van der Waals surface area contributed by atoms with Crippen LogP contribution >= 0.6 is 0 Å². The van der Waals surface area contributed by atoms with Crippen LogP contribution in [0.1, 0.15) is 27.7 Å². The van der Waals surface area contributed by atoms with E-state index in [-0.39, 0.29) is 0 Å². The Kier molecular flexibility index (Phi) is 5.71. The average Bonchev–Trinajstić information content (AvgIpc) is 2.29. The fraction of sp³-hybridized carbons (Fsp3) is 0.917. The van der Waals surface area contributed by atoms with Gasteiger partial charge in [0.2, 0.25) is 5.96 Å². The zero-order chi connectivity index (χ0) is 12.8. The molecule has 0 saturated carbocycles. The lowest BCUT2D eigenvalue weighted by Gasteiger charge is -2.40. The third kappa shape index (κ3) is 4.16. The lowest BCUT2D eigenvalue weighted by atomic mass is 10.2. The van der Waals surface area contributed by atoms with Crippen LogP contribution in [0.25, 0.3) is 0 Å². The van der Waals surface area contributed by atoms with E-state index in [1.165, 1.54) is 0 Å². The maximum atomic E-state index is 5.57. The van der Waals surface area contributed by atoms with Crippen molar-refractivity contribution in [1.82, 2.24) is 15.2 Å². The zero-order valence-corrected chi connectivity index (χ0v) is 11.6. The van der Waals surface area contributed by atoms with Gasteiger partial charge < -0.3 is 4.90 Å². The molecule has 0 aromatic heterocycles. The van der Waals surface area contributed by atoms with E-state index in [2.05, 4.69) is 47.9 Å². The van der Waals surface area contributed by atoms with Gasteiger partial charge in [0.1, 0.15) is 0 Å². The van der Waals surface area contributed by atoms with Crippen molar-refractivity contribution >= 4 is 5.96 Å². The highest BCUT2D eigenvalue weighted by atomic mass is 15.4. The molecule has 1 atom stereocenters. The van der Waals surface area contributed by atoms with Gasteiger partial charge in [-0.15, -0.1) is 0 Å². The number of hydrogen-bond donors (Lipinski definition) is 2. The molecule has 1 fully saturated rings. The summed E-state index contributed by atoms with van der Waals surface area (Å²) < 4.78 is 0. The molecule has 0 amide bonds. The van der Waals surface area contributed by atoms with E-state index in [9.17, 15) is 0 Å². The van der Waals surface area contributed by atoms with Gasteiger partial charge in [-0.2, -0.15) is 0 Å². The van der Waals surface area contributed by atoms with Crippen molar-refractivity contribution in [1.29, 1.82) is 0 Å². The second kappa shape index (κ2) is 6.81. The first kappa shape index (κ1) is 14.3. The van der Waals surface area contributed by atoms with Crippen LogP contribution in [0.3, 0.4) is 0 Å². The smallest absolute Gasteiger partial charge is 0.208 e. The quantitative estimate of drug-likeness (QED) is 0.327. The summed E-state index contributed by atoms with van der Waals surface area (Å²) in [5, 5.41) is 0. The van der Waals surface area contributed by atoms with E-state index in [1.807, 2.05) is 0 Å². The molecule has 1 unspecified atom stereocenters. The molecule has 3 N–H and O–H groups in total. The molecule has 0 bridgehead atoms. The summed E-state index contributed by atoms with van der Waals surface area (Å²) in [6.07, 6.45) is 0. The molecule has 17 heavy (non-hydrogen) atoms. The molecule has 1 heterocycles. The third-order valence-electron chi connectivity index (χ3n) is 3.21. The van der Waals surface area contributed by atoms with Gasteiger partial charge in [0, 0.05) is 32.2 Å². The lowest BCUT2D eigenvalue weighted by molar-refractivity contribution is 0.127. The first-order valence-electron chi connectivity index (χ1n) is 6.58. The van der Waals surface area contributed by atoms with Crippen molar-refractivity contribution in [2.45, 2.75) is 33.7 Å². The van der Waals surface area contributed by atoms with Crippen molar-refractivity contribution in [3.63, 3.8) is 0 Å². The van der Waals surface area contributed by atoms with Gasteiger partial charge in [-0.25, -0.2) is 5.84 Å². The van der Waals surface area contributed by atoms with Crippen molar-refractivity contribution in [2.75, 3.05) is 32.7 Å². The Balaban J connectivity index is 2.57. The van der Waals surface area contributed by atoms with Gasteiger partial charge in [-0.3, -0.25) is 15.3 Å².